The number of para-hydroxylation sites is 2. The topological polar surface area (TPSA) is 81.8 Å². The zero-order valence-electron chi connectivity index (χ0n) is 13.6. The van der Waals surface area contributed by atoms with Crippen LogP contribution in [0.25, 0.3) is 0 Å². The van der Waals surface area contributed by atoms with Gasteiger partial charge in [-0.25, -0.2) is 0 Å². The quantitative estimate of drug-likeness (QED) is 0.358. The minimum Gasteiger partial charge on any atom is -0.437 e. The van der Waals surface area contributed by atoms with Crippen LogP contribution in [0, 0.1) is 10.1 Å². The maximum absolute atomic E-state index is 10.8. The third-order valence-corrected chi connectivity index (χ3v) is 4.96. The Morgan fingerprint density at radius 2 is 1.27 bits per heavy atom. The van der Waals surface area contributed by atoms with Gasteiger partial charge in [0.2, 0.25) is 0 Å². The fourth-order valence-corrected chi connectivity index (χ4v) is 3.49. The van der Waals surface area contributed by atoms with E-state index < -0.39 is 19.1 Å². The molecule has 0 radical (unpaired) electrons. The van der Waals surface area contributed by atoms with E-state index in [1.165, 1.54) is 24.3 Å². The van der Waals surface area contributed by atoms with Crippen molar-refractivity contribution in [2.24, 2.45) is 0 Å². The molecule has 0 amide bonds. The van der Waals surface area contributed by atoms with Gasteiger partial charge < -0.3 is 14.2 Å². The molecule has 0 aliphatic carbocycles. The van der Waals surface area contributed by atoms with E-state index >= 15 is 0 Å². The van der Waals surface area contributed by atoms with Crippen LogP contribution in [0.4, 0.5) is 5.69 Å². The number of rotatable bonds is 7. The van der Waals surface area contributed by atoms with Crippen molar-refractivity contribution in [3.63, 3.8) is 0 Å². The number of aliphatic hydroxyl groups excluding tert-OH is 1. The van der Waals surface area contributed by atoms with Gasteiger partial charge in [-0.05, 0) is 42.0 Å². The van der Waals surface area contributed by atoms with Gasteiger partial charge in [-0.2, -0.15) is 0 Å². The van der Waals surface area contributed by atoms with Crippen molar-refractivity contribution < 1.29 is 19.1 Å². The van der Waals surface area contributed by atoms with Crippen LogP contribution < -0.4 is 9.05 Å². The largest absolute Gasteiger partial charge is 0.437 e. The third kappa shape index (κ3) is 4.57. The number of benzene rings is 3. The first-order chi connectivity index (χ1) is 12.6. The molecule has 132 valence electrons. The summed E-state index contributed by atoms with van der Waals surface area (Å²) in [6, 6.07) is 23.8. The summed E-state index contributed by atoms with van der Waals surface area (Å²) in [4.78, 5) is 10.3. The van der Waals surface area contributed by atoms with Crippen molar-refractivity contribution >= 4 is 14.1 Å². The van der Waals surface area contributed by atoms with Gasteiger partial charge in [0.1, 0.15) is 11.5 Å². The Hall–Kier alpha value is -2.95. The second-order valence-corrected chi connectivity index (χ2v) is 6.74. The van der Waals surface area contributed by atoms with Crippen LogP contribution in [0.5, 0.6) is 11.5 Å². The predicted molar refractivity (Wildman–Crippen MR) is 99.1 cm³/mol. The Kier molecular flexibility index (Phi) is 5.79. The van der Waals surface area contributed by atoms with E-state index in [1.807, 2.05) is 36.4 Å². The molecule has 3 aromatic carbocycles. The summed E-state index contributed by atoms with van der Waals surface area (Å²) < 4.78 is 11.7. The minimum absolute atomic E-state index is 0.0433. The summed E-state index contributed by atoms with van der Waals surface area (Å²) in [6.07, 6.45) is 0. The van der Waals surface area contributed by atoms with Crippen LogP contribution in [0.2, 0.25) is 0 Å². The Labute approximate surface area is 151 Å². The van der Waals surface area contributed by atoms with E-state index in [2.05, 4.69) is 0 Å². The number of nitro benzene ring substituents is 1. The number of aliphatic hydroxyl groups is 1. The van der Waals surface area contributed by atoms with E-state index in [1.54, 1.807) is 24.3 Å². The molecule has 0 bridgehead atoms. The molecule has 0 saturated heterocycles. The molecule has 0 spiro atoms. The number of nitro groups is 1. The second-order valence-electron chi connectivity index (χ2n) is 5.32. The number of nitrogens with zero attached hydrogens (tertiary/aromatic N) is 1. The zero-order valence-corrected chi connectivity index (χ0v) is 14.5. The van der Waals surface area contributed by atoms with Crippen molar-refractivity contribution in [3.05, 3.63) is 101 Å². The monoisotopic (exact) mass is 369 g/mol. The van der Waals surface area contributed by atoms with Gasteiger partial charge in [0.15, 0.2) is 5.85 Å². The minimum atomic E-state index is -1.79. The molecule has 1 unspecified atom stereocenters. The highest BCUT2D eigenvalue weighted by Gasteiger charge is 2.28. The van der Waals surface area contributed by atoms with Gasteiger partial charge in [-0.3, -0.25) is 10.1 Å². The van der Waals surface area contributed by atoms with E-state index in [9.17, 15) is 15.2 Å². The molecule has 0 fully saturated rings. The highest BCUT2D eigenvalue weighted by atomic mass is 31.2. The average molecular weight is 369 g/mol. The first kappa shape index (κ1) is 17.9. The second kappa shape index (κ2) is 8.43. The Bertz CT molecular complexity index is 801. The molecule has 0 aliphatic heterocycles. The van der Waals surface area contributed by atoms with Crippen molar-refractivity contribution in [1.82, 2.24) is 0 Å². The standard InChI is InChI=1S/C19H16NO5P/c21-19(15-11-13-16(14-12-15)20(22)23)26(24-17-7-3-1-4-8-17)25-18-9-5-2-6-10-18/h1-14,19,21H. The molecule has 0 heterocycles. The van der Waals surface area contributed by atoms with Crippen LogP contribution in [0.1, 0.15) is 11.4 Å². The number of hydrogen-bond donors (Lipinski definition) is 1. The van der Waals surface area contributed by atoms with Crippen LogP contribution in [-0.2, 0) is 0 Å². The molecular weight excluding hydrogens is 353 g/mol. The maximum atomic E-state index is 10.8. The molecule has 6 nitrogen and oxygen atoms in total. The molecule has 26 heavy (non-hydrogen) atoms. The lowest BCUT2D eigenvalue weighted by Gasteiger charge is -2.23. The average Bonchev–Trinajstić information content (AvgIpc) is 2.68. The fourth-order valence-electron chi connectivity index (χ4n) is 2.18. The van der Waals surface area contributed by atoms with Gasteiger partial charge in [0, 0.05) is 12.1 Å². The highest BCUT2D eigenvalue weighted by Crippen LogP contribution is 2.51. The van der Waals surface area contributed by atoms with E-state index in [-0.39, 0.29) is 5.69 Å². The maximum Gasteiger partial charge on any atom is 0.326 e. The molecular formula is C19H16NO5P. The third-order valence-electron chi connectivity index (χ3n) is 3.48. The summed E-state index contributed by atoms with van der Waals surface area (Å²) >= 11 is 0. The summed E-state index contributed by atoms with van der Waals surface area (Å²) in [6.45, 7) is 0. The normalized spacial score (nSPS) is 11.8. The lowest BCUT2D eigenvalue weighted by Crippen LogP contribution is -2.06. The first-order valence-electron chi connectivity index (χ1n) is 7.81. The van der Waals surface area contributed by atoms with E-state index in [0.29, 0.717) is 17.1 Å². The molecule has 0 aliphatic rings. The molecule has 3 aromatic rings. The smallest absolute Gasteiger partial charge is 0.326 e. The summed E-state index contributed by atoms with van der Waals surface area (Å²) in [7, 11) is -1.79. The van der Waals surface area contributed by atoms with Gasteiger partial charge in [-0.1, -0.05) is 36.4 Å². The summed E-state index contributed by atoms with van der Waals surface area (Å²) in [5.74, 6) is 0.0530. The van der Waals surface area contributed by atoms with Crippen molar-refractivity contribution in [3.8, 4) is 11.5 Å². The van der Waals surface area contributed by atoms with Gasteiger partial charge >= 0.3 is 8.38 Å². The van der Waals surface area contributed by atoms with Crippen LogP contribution in [-0.4, -0.2) is 10.0 Å². The lowest BCUT2D eigenvalue weighted by molar-refractivity contribution is -0.384. The molecule has 7 heteroatoms. The van der Waals surface area contributed by atoms with Gasteiger partial charge in [-0.15, -0.1) is 0 Å². The zero-order chi connectivity index (χ0) is 18.4. The number of hydrogen-bond acceptors (Lipinski definition) is 5. The van der Waals surface area contributed by atoms with E-state index in [0.717, 1.165) is 0 Å². The summed E-state index contributed by atoms with van der Waals surface area (Å²) in [5.41, 5.74) is 0.437. The van der Waals surface area contributed by atoms with Gasteiger partial charge in [0.05, 0.1) is 4.92 Å². The SMILES string of the molecule is O=[N+]([O-])c1ccc(C(O)P(Oc2ccccc2)Oc2ccccc2)cc1. The molecule has 1 atom stereocenters. The van der Waals surface area contributed by atoms with Crippen LogP contribution >= 0.6 is 8.38 Å². The Morgan fingerprint density at radius 1 is 0.808 bits per heavy atom. The number of non-ortho nitro benzene ring substituents is 1. The lowest BCUT2D eigenvalue weighted by atomic mass is 10.2. The first-order valence-corrected chi connectivity index (χ1v) is 9.06. The highest BCUT2D eigenvalue weighted by molar-refractivity contribution is 7.48. The van der Waals surface area contributed by atoms with Crippen molar-refractivity contribution in [1.29, 1.82) is 0 Å². The van der Waals surface area contributed by atoms with Gasteiger partial charge in [0.25, 0.3) is 5.69 Å². The molecule has 3 rings (SSSR count). The van der Waals surface area contributed by atoms with E-state index in [4.69, 9.17) is 9.05 Å². The molecule has 0 saturated carbocycles. The Morgan fingerprint density at radius 3 is 1.69 bits per heavy atom. The van der Waals surface area contributed by atoms with Crippen molar-refractivity contribution in [2.45, 2.75) is 5.85 Å². The fraction of sp³-hybridized carbons (Fsp3) is 0.0526. The van der Waals surface area contributed by atoms with Crippen LogP contribution in [0.3, 0.4) is 0 Å². The predicted octanol–water partition coefficient (Wildman–Crippen LogP) is 5.06. The Balaban J connectivity index is 1.84. The van der Waals surface area contributed by atoms with Crippen LogP contribution in [0.15, 0.2) is 84.9 Å². The summed E-state index contributed by atoms with van der Waals surface area (Å²) in [5, 5.41) is 21.5. The molecule has 1 N–H and O–H groups in total. The molecule has 0 aromatic heterocycles. The van der Waals surface area contributed by atoms with Crippen molar-refractivity contribution in [2.75, 3.05) is 0 Å².